The molecule has 1 aliphatic rings. The molecule has 0 radical (unpaired) electrons. The molecule has 1 aromatic carbocycles. The van der Waals surface area contributed by atoms with E-state index in [9.17, 15) is 14.4 Å². The van der Waals surface area contributed by atoms with Crippen molar-refractivity contribution in [3.05, 3.63) is 35.4 Å². The fourth-order valence-corrected chi connectivity index (χ4v) is 4.07. The lowest BCUT2D eigenvalue weighted by Crippen LogP contribution is -2.47. The minimum absolute atomic E-state index is 0.0288. The molecule has 1 heterocycles. The molecule has 0 bridgehead atoms. The van der Waals surface area contributed by atoms with Crippen LogP contribution >= 0.6 is 11.8 Å². The number of amides is 2. The quantitative estimate of drug-likeness (QED) is 0.822. The molecule has 2 rings (SSSR count). The van der Waals surface area contributed by atoms with Gasteiger partial charge >= 0.3 is 5.97 Å². The van der Waals surface area contributed by atoms with Crippen LogP contribution < -0.4 is 0 Å². The van der Waals surface area contributed by atoms with Crippen molar-refractivity contribution in [1.29, 1.82) is 0 Å². The van der Waals surface area contributed by atoms with Crippen molar-refractivity contribution >= 4 is 29.5 Å². The van der Waals surface area contributed by atoms with E-state index < -0.39 is 5.97 Å². The second kappa shape index (κ2) is 9.07. The SMILES string of the molecule is CC(C)C(=O)N(C)Cc1ccc(C(=O)N2CCSCC2CC(=O)O)cc1. The summed E-state index contributed by atoms with van der Waals surface area (Å²) in [5.41, 5.74) is 1.50. The van der Waals surface area contributed by atoms with Crippen LogP contribution in [0.4, 0.5) is 0 Å². The van der Waals surface area contributed by atoms with Crippen LogP contribution in [0, 0.1) is 5.92 Å². The van der Waals surface area contributed by atoms with E-state index in [1.54, 1.807) is 40.7 Å². The number of hydrogen-bond donors (Lipinski definition) is 1. The number of nitrogens with zero attached hydrogens (tertiary/aromatic N) is 2. The van der Waals surface area contributed by atoms with Gasteiger partial charge in [-0.1, -0.05) is 26.0 Å². The Balaban J connectivity index is 2.05. The van der Waals surface area contributed by atoms with E-state index in [4.69, 9.17) is 5.11 Å². The molecule has 2 amide bonds. The molecule has 6 nitrogen and oxygen atoms in total. The van der Waals surface area contributed by atoms with E-state index in [0.29, 0.717) is 24.4 Å². The van der Waals surface area contributed by atoms with E-state index in [1.165, 1.54) is 0 Å². The summed E-state index contributed by atoms with van der Waals surface area (Å²) < 4.78 is 0. The zero-order valence-corrected chi connectivity index (χ0v) is 16.3. The first-order valence-electron chi connectivity index (χ1n) is 8.74. The zero-order chi connectivity index (χ0) is 19.3. The Labute approximate surface area is 158 Å². The normalized spacial score (nSPS) is 17.2. The lowest BCUT2D eigenvalue weighted by molar-refractivity contribution is -0.138. The van der Waals surface area contributed by atoms with Gasteiger partial charge in [0.25, 0.3) is 5.91 Å². The first kappa shape index (κ1) is 20.3. The largest absolute Gasteiger partial charge is 0.481 e. The van der Waals surface area contributed by atoms with Crippen molar-refractivity contribution in [3.8, 4) is 0 Å². The van der Waals surface area contributed by atoms with Crippen LogP contribution in [0.2, 0.25) is 0 Å². The van der Waals surface area contributed by atoms with Gasteiger partial charge < -0.3 is 14.9 Å². The molecule has 26 heavy (non-hydrogen) atoms. The van der Waals surface area contributed by atoms with E-state index in [2.05, 4.69) is 0 Å². The minimum atomic E-state index is -0.886. The minimum Gasteiger partial charge on any atom is -0.481 e. The van der Waals surface area contributed by atoms with E-state index in [0.717, 1.165) is 11.3 Å². The van der Waals surface area contributed by atoms with Crippen molar-refractivity contribution in [2.45, 2.75) is 32.9 Å². The van der Waals surface area contributed by atoms with Gasteiger partial charge in [0.2, 0.25) is 5.91 Å². The average molecular weight is 378 g/mol. The monoisotopic (exact) mass is 378 g/mol. The smallest absolute Gasteiger partial charge is 0.305 e. The average Bonchev–Trinajstić information content (AvgIpc) is 2.61. The van der Waals surface area contributed by atoms with Crippen LogP contribution in [0.1, 0.15) is 36.2 Å². The van der Waals surface area contributed by atoms with Gasteiger partial charge in [-0.15, -0.1) is 0 Å². The summed E-state index contributed by atoms with van der Waals surface area (Å²) in [6.45, 7) is 4.79. The summed E-state index contributed by atoms with van der Waals surface area (Å²) in [7, 11) is 1.77. The number of carbonyl (C=O) groups is 3. The first-order chi connectivity index (χ1) is 12.3. The first-order valence-corrected chi connectivity index (χ1v) is 9.89. The molecule has 0 aromatic heterocycles. The number of carbonyl (C=O) groups excluding carboxylic acids is 2. The maximum Gasteiger partial charge on any atom is 0.305 e. The van der Waals surface area contributed by atoms with Gasteiger partial charge in [-0.2, -0.15) is 11.8 Å². The van der Waals surface area contributed by atoms with Gasteiger partial charge in [0, 0.05) is 43.1 Å². The summed E-state index contributed by atoms with van der Waals surface area (Å²) in [4.78, 5) is 39.1. The van der Waals surface area contributed by atoms with Crippen molar-refractivity contribution in [2.75, 3.05) is 25.1 Å². The molecule has 0 spiro atoms. The second-order valence-electron chi connectivity index (χ2n) is 6.87. The molecule has 1 fully saturated rings. The van der Waals surface area contributed by atoms with Crippen LogP contribution in [0.15, 0.2) is 24.3 Å². The maximum atomic E-state index is 12.8. The topological polar surface area (TPSA) is 77.9 Å². The van der Waals surface area contributed by atoms with Gasteiger partial charge in [-0.25, -0.2) is 0 Å². The molecule has 1 aromatic rings. The van der Waals surface area contributed by atoms with E-state index in [-0.39, 0.29) is 30.2 Å². The van der Waals surface area contributed by atoms with Crippen LogP contribution in [-0.2, 0) is 16.1 Å². The highest BCUT2D eigenvalue weighted by molar-refractivity contribution is 7.99. The highest BCUT2D eigenvalue weighted by atomic mass is 32.2. The summed E-state index contributed by atoms with van der Waals surface area (Å²) >= 11 is 1.68. The third-order valence-electron chi connectivity index (χ3n) is 4.39. The Morgan fingerprint density at radius 2 is 1.92 bits per heavy atom. The summed E-state index contributed by atoms with van der Waals surface area (Å²) in [5, 5.41) is 9.06. The van der Waals surface area contributed by atoms with Crippen molar-refractivity contribution in [2.24, 2.45) is 5.92 Å². The molecule has 1 aliphatic heterocycles. The fraction of sp³-hybridized carbons (Fsp3) is 0.526. The molecule has 0 saturated carbocycles. The number of carboxylic acids is 1. The second-order valence-corrected chi connectivity index (χ2v) is 8.02. The van der Waals surface area contributed by atoms with Gasteiger partial charge in [-0.3, -0.25) is 14.4 Å². The van der Waals surface area contributed by atoms with Gasteiger partial charge in [0.05, 0.1) is 12.5 Å². The number of hydrogen-bond acceptors (Lipinski definition) is 4. The Morgan fingerprint density at radius 3 is 2.50 bits per heavy atom. The summed E-state index contributed by atoms with van der Waals surface area (Å²) in [6, 6.07) is 6.94. The fourth-order valence-electron chi connectivity index (χ4n) is 3.00. The van der Waals surface area contributed by atoms with E-state index in [1.807, 2.05) is 26.0 Å². The molecule has 1 saturated heterocycles. The van der Waals surface area contributed by atoms with Gasteiger partial charge in [-0.05, 0) is 17.7 Å². The lowest BCUT2D eigenvalue weighted by Gasteiger charge is -2.34. The Kier molecular flexibility index (Phi) is 7.08. The Bertz CT molecular complexity index is 660. The third kappa shape index (κ3) is 5.24. The zero-order valence-electron chi connectivity index (χ0n) is 15.5. The van der Waals surface area contributed by atoms with Crippen molar-refractivity contribution in [1.82, 2.24) is 9.80 Å². The highest BCUT2D eigenvalue weighted by Gasteiger charge is 2.29. The lowest BCUT2D eigenvalue weighted by atomic mass is 10.1. The van der Waals surface area contributed by atoms with Crippen LogP contribution in [0.25, 0.3) is 0 Å². The third-order valence-corrected chi connectivity index (χ3v) is 5.48. The molecule has 1 N–H and O–H groups in total. The van der Waals surface area contributed by atoms with Gasteiger partial charge in [0.1, 0.15) is 0 Å². The molecule has 0 aliphatic carbocycles. The number of benzene rings is 1. The Hall–Kier alpha value is -2.02. The number of carboxylic acid groups (broad SMARTS) is 1. The maximum absolute atomic E-state index is 12.8. The molecule has 1 atom stereocenters. The molecular formula is C19H26N2O4S. The van der Waals surface area contributed by atoms with E-state index >= 15 is 0 Å². The highest BCUT2D eigenvalue weighted by Crippen LogP contribution is 2.21. The summed E-state index contributed by atoms with van der Waals surface area (Å²) in [5.74, 6) is 0.481. The van der Waals surface area contributed by atoms with Crippen LogP contribution in [0.3, 0.4) is 0 Å². The summed E-state index contributed by atoms with van der Waals surface area (Å²) in [6.07, 6.45) is -0.0288. The number of thioether (sulfide) groups is 1. The predicted molar refractivity (Wildman–Crippen MR) is 102 cm³/mol. The Morgan fingerprint density at radius 1 is 1.27 bits per heavy atom. The predicted octanol–water partition coefficient (Wildman–Crippen LogP) is 2.33. The number of aliphatic carboxylic acids is 1. The van der Waals surface area contributed by atoms with Crippen LogP contribution in [-0.4, -0.2) is 63.8 Å². The molecule has 142 valence electrons. The standard InChI is InChI=1S/C19H26N2O4S/c1-13(2)18(24)20(3)11-14-4-6-15(7-5-14)19(25)21-8-9-26-12-16(21)10-17(22)23/h4-7,13,16H,8-12H2,1-3H3,(H,22,23). The molecular weight excluding hydrogens is 352 g/mol. The molecule has 7 heteroatoms. The molecule has 1 unspecified atom stereocenters. The van der Waals surface area contributed by atoms with Crippen molar-refractivity contribution < 1.29 is 19.5 Å². The van der Waals surface area contributed by atoms with Crippen LogP contribution in [0.5, 0.6) is 0 Å². The van der Waals surface area contributed by atoms with Gasteiger partial charge in [0.15, 0.2) is 0 Å². The number of rotatable bonds is 6. The van der Waals surface area contributed by atoms with Crippen molar-refractivity contribution in [3.63, 3.8) is 0 Å².